The van der Waals surface area contributed by atoms with Crippen LogP contribution in [-0.4, -0.2) is 62.3 Å². The van der Waals surface area contributed by atoms with Gasteiger partial charge in [0.1, 0.15) is 0 Å². The molecule has 0 aliphatic rings. The molecule has 1 amide bonds. The van der Waals surface area contributed by atoms with E-state index in [-0.39, 0.29) is 31.1 Å². The van der Waals surface area contributed by atoms with E-state index in [0.717, 1.165) is 12.8 Å². The van der Waals surface area contributed by atoms with E-state index in [4.69, 9.17) is 9.47 Å². The van der Waals surface area contributed by atoms with E-state index >= 15 is 0 Å². The number of rotatable bonds is 12. The zero-order valence-electron chi connectivity index (χ0n) is 13.8. The summed E-state index contributed by atoms with van der Waals surface area (Å²) in [5, 5.41) is 2.84. The summed E-state index contributed by atoms with van der Waals surface area (Å²) < 4.78 is 10.3. The number of esters is 1. The average molecular weight is 302 g/mol. The Morgan fingerprint density at radius 2 is 1.90 bits per heavy atom. The van der Waals surface area contributed by atoms with Crippen LogP contribution in [0.25, 0.3) is 0 Å². The summed E-state index contributed by atoms with van der Waals surface area (Å²) in [6, 6.07) is 0. The summed E-state index contributed by atoms with van der Waals surface area (Å²) >= 11 is 0. The van der Waals surface area contributed by atoms with Crippen molar-refractivity contribution in [1.82, 2.24) is 10.2 Å². The van der Waals surface area contributed by atoms with Crippen molar-refractivity contribution in [3.05, 3.63) is 0 Å². The lowest BCUT2D eigenvalue weighted by molar-refractivity contribution is -0.144. The summed E-state index contributed by atoms with van der Waals surface area (Å²) in [7, 11) is 0. The van der Waals surface area contributed by atoms with Gasteiger partial charge in [0.15, 0.2) is 0 Å². The largest absolute Gasteiger partial charge is 0.465 e. The molecule has 1 N–H and O–H groups in total. The summed E-state index contributed by atoms with van der Waals surface area (Å²) in [6.45, 7) is 10.4. The first kappa shape index (κ1) is 19.9. The molecule has 0 aromatic heterocycles. The summed E-state index contributed by atoms with van der Waals surface area (Å²) in [6.07, 6.45) is 1.88. The standard InChI is InChI=1S/C15H30N2O4/c1-5-9-17(12-15(19)20-6-2)11-14(18)16-8-7-10-21-13(3)4/h13H,5-12H2,1-4H3,(H,16,18). The Labute approximate surface area is 128 Å². The van der Waals surface area contributed by atoms with Gasteiger partial charge in [0.25, 0.3) is 0 Å². The molecule has 0 aliphatic heterocycles. The Morgan fingerprint density at radius 1 is 1.19 bits per heavy atom. The molecular weight excluding hydrogens is 272 g/mol. The number of hydrogen-bond acceptors (Lipinski definition) is 5. The molecule has 0 rings (SSSR count). The lowest BCUT2D eigenvalue weighted by Gasteiger charge is -2.20. The maximum Gasteiger partial charge on any atom is 0.320 e. The number of nitrogens with one attached hydrogen (secondary N) is 1. The summed E-state index contributed by atoms with van der Waals surface area (Å²) in [5.41, 5.74) is 0. The van der Waals surface area contributed by atoms with Gasteiger partial charge in [0.2, 0.25) is 5.91 Å². The maximum absolute atomic E-state index is 11.8. The minimum Gasteiger partial charge on any atom is -0.465 e. The molecule has 0 saturated heterocycles. The second-order valence-electron chi connectivity index (χ2n) is 5.14. The highest BCUT2D eigenvalue weighted by Crippen LogP contribution is 1.94. The van der Waals surface area contributed by atoms with Crippen molar-refractivity contribution in [1.29, 1.82) is 0 Å². The van der Waals surface area contributed by atoms with Crippen LogP contribution in [0.4, 0.5) is 0 Å². The monoisotopic (exact) mass is 302 g/mol. The molecule has 6 heteroatoms. The Hall–Kier alpha value is -1.14. The Kier molecular flexibility index (Phi) is 11.9. The number of carbonyl (C=O) groups is 2. The van der Waals surface area contributed by atoms with Crippen molar-refractivity contribution in [3.63, 3.8) is 0 Å². The van der Waals surface area contributed by atoms with Crippen molar-refractivity contribution in [2.24, 2.45) is 0 Å². The zero-order valence-corrected chi connectivity index (χ0v) is 13.8. The maximum atomic E-state index is 11.8. The first-order valence-corrected chi connectivity index (χ1v) is 7.75. The highest BCUT2D eigenvalue weighted by Gasteiger charge is 2.14. The van der Waals surface area contributed by atoms with Gasteiger partial charge in [-0.05, 0) is 40.2 Å². The molecule has 0 aromatic carbocycles. The molecule has 0 radical (unpaired) electrons. The molecule has 0 bridgehead atoms. The van der Waals surface area contributed by atoms with Crippen LogP contribution >= 0.6 is 0 Å². The van der Waals surface area contributed by atoms with E-state index in [1.807, 2.05) is 20.8 Å². The van der Waals surface area contributed by atoms with Crippen LogP contribution in [0, 0.1) is 0 Å². The second kappa shape index (κ2) is 12.6. The Morgan fingerprint density at radius 3 is 2.48 bits per heavy atom. The lowest BCUT2D eigenvalue weighted by atomic mass is 10.3. The third-order valence-electron chi connectivity index (χ3n) is 2.66. The number of amides is 1. The van der Waals surface area contributed by atoms with E-state index in [1.54, 1.807) is 11.8 Å². The van der Waals surface area contributed by atoms with Gasteiger partial charge < -0.3 is 14.8 Å². The van der Waals surface area contributed by atoms with Crippen molar-refractivity contribution in [2.75, 3.05) is 39.4 Å². The van der Waals surface area contributed by atoms with Gasteiger partial charge in [-0.3, -0.25) is 14.5 Å². The van der Waals surface area contributed by atoms with E-state index in [9.17, 15) is 9.59 Å². The predicted octanol–water partition coefficient (Wildman–Crippen LogP) is 1.19. The van der Waals surface area contributed by atoms with Crippen molar-refractivity contribution >= 4 is 11.9 Å². The summed E-state index contributed by atoms with van der Waals surface area (Å²) in [4.78, 5) is 25.1. The third kappa shape index (κ3) is 12.3. The van der Waals surface area contributed by atoms with Crippen LogP contribution in [0.15, 0.2) is 0 Å². The topological polar surface area (TPSA) is 67.9 Å². The molecule has 6 nitrogen and oxygen atoms in total. The van der Waals surface area contributed by atoms with Crippen LogP contribution in [0.5, 0.6) is 0 Å². The lowest BCUT2D eigenvalue weighted by Crippen LogP contribution is -2.41. The fourth-order valence-electron chi connectivity index (χ4n) is 1.80. The Balaban J connectivity index is 3.91. The minimum atomic E-state index is -0.288. The molecule has 0 unspecified atom stereocenters. The first-order chi connectivity index (χ1) is 9.99. The average Bonchev–Trinajstić information content (AvgIpc) is 2.38. The zero-order chi connectivity index (χ0) is 16.1. The van der Waals surface area contributed by atoms with E-state index in [2.05, 4.69) is 5.32 Å². The number of nitrogens with zero attached hydrogens (tertiary/aromatic N) is 1. The Bertz CT molecular complexity index is 295. The van der Waals surface area contributed by atoms with Crippen LogP contribution in [0.1, 0.15) is 40.5 Å². The fraction of sp³-hybridized carbons (Fsp3) is 0.867. The fourth-order valence-corrected chi connectivity index (χ4v) is 1.80. The van der Waals surface area contributed by atoms with Gasteiger partial charge in [-0.25, -0.2) is 0 Å². The molecular formula is C15H30N2O4. The molecule has 0 heterocycles. The van der Waals surface area contributed by atoms with Gasteiger partial charge >= 0.3 is 5.97 Å². The van der Waals surface area contributed by atoms with Crippen LogP contribution in [0.3, 0.4) is 0 Å². The van der Waals surface area contributed by atoms with Gasteiger partial charge in [0.05, 0.1) is 25.8 Å². The normalized spacial score (nSPS) is 11.0. The van der Waals surface area contributed by atoms with E-state index in [1.165, 1.54) is 0 Å². The second-order valence-corrected chi connectivity index (χ2v) is 5.14. The molecule has 0 spiro atoms. The molecule has 0 aromatic rings. The van der Waals surface area contributed by atoms with Gasteiger partial charge in [-0.1, -0.05) is 6.92 Å². The predicted molar refractivity (Wildman–Crippen MR) is 82.1 cm³/mol. The van der Waals surface area contributed by atoms with Crippen LogP contribution in [-0.2, 0) is 19.1 Å². The number of hydrogen-bond donors (Lipinski definition) is 1. The summed E-state index contributed by atoms with van der Waals surface area (Å²) in [5.74, 6) is -0.360. The minimum absolute atomic E-state index is 0.0719. The SMILES string of the molecule is CCCN(CC(=O)NCCCOC(C)C)CC(=O)OCC. The number of ether oxygens (including phenoxy) is 2. The van der Waals surface area contributed by atoms with Gasteiger partial charge in [-0.2, -0.15) is 0 Å². The van der Waals surface area contributed by atoms with Gasteiger partial charge in [-0.15, -0.1) is 0 Å². The molecule has 0 aliphatic carbocycles. The highest BCUT2D eigenvalue weighted by atomic mass is 16.5. The van der Waals surface area contributed by atoms with Crippen molar-refractivity contribution in [3.8, 4) is 0 Å². The van der Waals surface area contributed by atoms with Crippen molar-refractivity contribution < 1.29 is 19.1 Å². The first-order valence-electron chi connectivity index (χ1n) is 7.75. The van der Waals surface area contributed by atoms with Gasteiger partial charge in [0, 0.05) is 13.2 Å². The molecule has 0 fully saturated rings. The number of carbonyl (C=O) groups excluding carboxylic acids is 2. The van der Waals surface area contributed by atoms with E-state index in [0.29, 0.717) is 26.3 Å². The molecule has 21 heavy (non-hydrogen) atoms. The molecule has 124 valence electrons. The van der Waals surface area contributed by atoms with Crippen LogP contribution < -0.4 is 5.32 Å². The third-order valence-corrected chi connectivity index (χ3v) is 2.66. The smallest absolute Gasteiger partial charge is 0.320 e. The quantitative estimate of drug-likeness (QED) is 0.433. The van der Waals surface area contributed by atoms with E-state index < -0.39 is 0 Å². The van der Waals surface area contributed by atoms with Crippen molar-refractivity contribution in [2.45, 2.75) is 46.6 Å². The molecule has 0 saturated carbocycles. The van der Waals surface area contributed by atoms with Crippen LogP contribution in [0.2, 0.25) is 0 Å². The highest BCUT2D eigenvalue weighted by molar-refractivity contribution is 5.79. The molecule has 0 atom stereocenters.